The molecular formula is C16H18FN3O. The van der Waals surface area contributed by atoms with Gasteiger partial charge >= 0.3 is 6.03 Å². The summed E-state index contributed by atoms with van der Waals surface area (Å²) in [4.78, 5) is 17.7. The molecule has 0 bridgehead atoms. The summed E-state index contributed by atoms with van der Waals surface area (Å²) in [6.07, 6.45) is 3.40. The molecule has 2 amide bonds. The van der Waals surface area contributed by atoms with Gasteiger partial charge in [0.2, 0.25) is 0 Å². The van der Waals surface area contributed by atoms with E-state index >= 15 is 0 Å². The van der Waals surface area contributed by atoms with Gasteiger partial charge in [-0.2, -0.15) is 0 Å². The molecule has 4 nitrogen and oxygen atoms in total. The monoisotopic (exact) mass is 287 g/mol. The molecular weight excluding hydrogens is 269 g/mol. The molecule has 21 heavy (non-hydrogen) atoms. The second-order valence-electron chi connectivity index (χ2n) is 4.86. The molecule has 0 saturated carbocycles. The molecule has 0 spiro atoms. The molecule has 0 aliphatic heterocycles. The Kier molecular flexibility index (Phi) is 4.87. The van der Waals surface area contributed by atoms with Crippen molar-refractivity contribution in [2.24, 2.45) is 0 Å². The van der Waals surface area contributed by atoms with E-state index in [1.165, 1.54) is 12.1 Å². The van der Waals surface area contributed by atoms with Crippen molar-refractivity contribution in [3.8, 4) is 0 Å². The maximum Gasteiger partial charge on any atom is 0.317 e. The summed E-state index contributed by atoms with van der Waals surface area (Å²) in [6, 6.07) is 9.56. The maximum atomic E-state index is 12.9. The molecule has 110 valence electrons. The topological polar surface area (TPSA) is 45.2 Å². The van der Waals surface area contributed by atoms with E-state index in [0.717, 1.165) is 11.1 Å². The van der Waals surface area contributed by atoms with Crippen LogP contribution in [0.5, 0.6) is 0 Å². The first-order valence-electron chi connectivity index (χ1n) is 6.73. The summed E-state index contributed by atoms with van der Waals surface area (Å²) in [5.41, 5.74) is 1.82. The molecule has 0 radical (unpaired) electrons. The first-order chi connectivity index (χ1) is 10.1. The molecule has 1 N–H and O–H groups in total. The van der Waals surface area contributed by atoms with Crippen LogP contribution in [0.1, 0.15) is 24.1 Å². The fourth-order valence-electron chi connectivity index (χ4n) is 1.95. The lowest BCUT2D eigenvalue weighted by molar-refractivity contribution is 0.194. The fourth-order valence-corrected chi connectivity index (χ4v) is 1.95. The lowest BCUT2D eigenvalue weighted by Gasteiger charge is -2.25. The zero-order chi connectivity index (χ0) is 15.2. The van der Waals surface area contributed by atoms with Crippen molar-refractivity contribution in [2.75, 3.05) is 7.05 Å². The maximum absolute atomic E-state index is 12.9. The van der Waals surface area contributed by atoms with Crippen LogP contribution in [0.15, 0.2) is 48.8 Å². The normalized spacial score (nSPS) is 11.8. The minimum Gasteiger partial charge on any atom is -0.334 e. The first-order valence-corrected chi connectivity index (χ1v) is 6.73. The highest BCUT2D eigenvalue weighted by Gasteiger charge is 2.17. The van der Waals surface area contributed by atoms with Gasteiger partial charge in [-0.15, -0.1) is 0 Å². The van der Waals surface area contributed by atoms with Crippen molar-refractivity contribution < 1.29 is 9.18 Å². The van der Waals surface area contributed by atoms with E-state index in [2.05, 4.69) is 10.3 Å². The van der Waals surface area contributed by atoms with Gasteiger partial charge in [0.25, 0.3) is 0 Å². The van der Waals surface area contributed by atoms with Crippen LogP contribution in [-0.4, -0.2) is 23.0 Å². The SMILES string of the molecule is C[C@@H](c1ccc(F)cc1)N(C)C(=O)NCc1cccnc1. The molecule has 0 unspecified atom stereocenters. The van der Waals surface area contributed by atoms with Gasteiger partial charge in [0.15, 0.2) is 0 Å². The van der Waals surface area contributed by atoms with E-state index in [9.17, 15) is 9.18 Å². The van der Waals surface area contributed by atoms with Crippen molar-refractivity contribution in [1.29, 1.82) is 0 Å². The van der Waals surface area contributed by atoms with Gasteiger partial charge < -0.3 is 10.2 Å². The molecule has 2 aromatic rings. The predicted octanol–water partition coefficient (Wildman–Crippen LogP) is 3.12. The molecule has 0 saturated heterocycles. The average Bonchev–Trinajstić information content (AvgIpc) is 2.53. The molecule has 0 aliphatic carbocycles. The molecule has 0 fully saturated rings. The number of benzene rings is 1. The van der Waals surface area contributed by atoms with Crippen molar-refractivity contribution >= 4 is 6.03 Å². The number of carbonyl (C=O) groups excluding carboxylic acids is 1. The van der Waals surface area contributed by atoms with Crippen molar-refractivity contribution in [3.05, 3.63) is 65.7 Å². The van der Waals surface area contributed by atoms with E-state index in [1.807, 2.05) is 19.1 Å². The van der Waals surface area contributed by atoms with Crippen molar-refractivity contribution in [2.45, 2.75) is 19.5 Å². The van der Waals surface area contributed by atoms with Gasteiger partial charge in [0.05, 0.1) is 6.04 Å². The van der Waals surface area contributed by atoms with Crippen molar-refractivity contribution in [3.63, 3.8) is 0 Å². The lowest BCUT2D eigenvalue weighted by atomic mass is 10.1. The highest BCUT2D eigenvalue weighted by atomic mass is 19.1. The second kappa shape index (κ2) is 6.83. The third-order valence-electron chi connectivity index (χ3n) is 3.42. The Hall–Kier alpha value is -2.43. The zero-order valence-corrected chi connectivity index (χ0v) is 12.1. The molecule has 1 aromatic carbocycles. The molecule has 1 heterocycles. The zero-order valence-electron chi connectivity index (χ0n) is 12.1. The molecule has 2 rings (SSSR count). The smallest absolute Gasteiger partial charge is 0.317 e. The Balaban J connectivity index is 1.94. The van der Waals surface area contributed by atoms with Gasteiger partial charge in [-0.3, -0.25) is 4.98 Å². The summed E-state index contributed by atoms with van der Waals surface area (Å²) in [6.45, 7) is 2.32. The van der Waals surface area contributed by atoms with E-state index in [4.69, 9.17) is 0 Å². The molecule has 1 atom stereocenters. The molecule has 1 aromatic heterocycles. The molecule has 0 aliphatic rings. The van der Waals surface area contributed by atoms with Crippen molar-refractivity contribution in [1.82, 2.24) is 15.2 Å². The highest BCUT2D eigenvalue weighted by molar-refractivity contribution is 5.74. The van der Waals surface area contributed by atoms with Crippen LogP contribution < -0.4 is 5.32 Å². The number of pyridine rings is 1. The largest absolute Gasteiger partial charge is 0.334 e. The van der Waals surface area contributed by atoms with Gasteiger partial charge in [0, 0.05) is 26.0 Å². The summed E-state index contributed by atoms with van der Waals surface area (Å²) >= 11 is 0. The number of halogens is 1. The summed E-state index contributed by atoms with van der Waals surface area (Å²) in [5, 5.41) is 2.83. The number of amides is 2. The lowest BCUT2D eigenvalue weighted by Crippen LogP contribution is -2.38. The third kappa shape index (κ3) is 4.02. The van der Waals surface area contributed by atoms with Gasteiger partial charge in [0.1, 0.15) is 5.82 Å². The Morgan fingerprint density at radius 1 is 1.33 bits per heavy atom. The fraction of sp³-hybridized carbons (Fsp3) is 0.250. The minimum atomic E-state index is -0.283. The van der Waals surface area contributed by atoms with E-state index < -0.39 is 0 Å². The van der Waals surface area contributed by atoms with Gasteiger partial charge in [-0.25, -0.2) is 9.18 Å². The van der Waals surface area contributed by atoms with Crippen LogP contribution in [0.4, 0.5) is 9.18 Å². The number of carbonyl (C=O) groups is 1. The standard InChI is InChI=1S/C16H18FN3O/c1-12(14-5-7-15(17)8-6-14)20(2)16(21)19-11-13-4-3-9-18-10-13/h3-10,12H,11H2,1-2H3,(H,19,21)/t12-/m0/s1. The van der Waals surface area contributed by atoms with Crippen LogP contribution in [0.3, 0.4) is 0 Å². The van der Waals surface area contributed by atoms with Crippen LogP contribution in [0.2, 0.25) is 0 Å². The number of hydrogen-bond donors (Lipinski definition) is 1. The summed E-state index contributed by atoms with van der Waals surface area (Å²) in [5.74, 6) is -0.283. The number of aromatic nitrogens is 1. The number of nitrogens with zero attached hydrogens (tertiary/aromatic N) is 2. The van der Waals surface area contributed by atoms with Crippen LogP contribution in [-0.2, 0) is 6.54 Å². The van der Waals surface area contributed by atoms with E-state index in [0.29, 0.717) is 6.54 Å². The van der Waals surface area contributed by atoms with E-state index in [-0.39, 0.29) is 17.9 Å². The summed E-state index contributed by atoms with van der Waals surface area (Å²) < 4.78 is 12.9. The first kappa shape index (κ1) is 15.0. The van der Waals surface area contributed by atoms with Gasteiger partial charge in [-0.1, -0.05) is 18.2 Å². The molecule has 5 heteroatoms. The van der Waals surface area contributed by atoms with Gasteiger partial charge in [-0.05, 0) is 36.2 Å². The Morgan fingerprint density at radius 2 is 2.05 bits per heavy atom. The Bertz CT molecular complexity index is 586. The predicted molar refractivity (Wildman–Crippen MR) is 79.1 cm³/mol. The third-order valence-corrected chi connectivity index (χ3v) is 3.42. The van der Waals surface area contributed by atoms with Crippen LogP contribution in [0.25, 0.3) is 0 Å². The number of rotatable bonds is 4. The average molecular weight is 287 g/mol. The highest BCUT2D eigenvalue weighted by Crippen LogP contribution is 2.18. The number of nitrogens with one attached hydrogen (secondary N) is 1. The number of hydrogen-bond acceptors (Lipinski definition) is 2. The quantitative estimate of drug-likeness (QED) is 0.939. The Labute approximate surface area is 123 Å². The number of urea groups is 1. The second-order valence-corrected chi connectivity index (χ2v) is 4.86. The van der Waals surface area contributed by atoms with E-state index in [1.54, 1.807) is 36.5 Å². The Morgan fingerprint density at radius 3 is 2.67 bits per heavy atom. The van der Waals surface area contributed by atoms with Crippen LogP contribution >= 0.6 is 0 Å². The van der Waals surface area contributed by atoms with Crippen LogP contribution in [0, 0.1) is 5.82 Å². The minimum absolute atomic E-state index is 0.139. The summed E-state index contributed by atoms with van der Waals surface area (Å²) in [7, 11) is 1.71.